The molecule has 2 heteroatoms. The van der Waals surface area contributed by atoms with Crippen molar-refractivity contribution in [2.24, 2.45) is 5.41 Å². The number of aliphatic hydroxyl groups excluding tert-OH is 1. The normalized spacial score (nSPS) is 18.8. The Morgan fingerprint density at radius 1 is 1.06 bits per heavy atom. The van der Waals surface area contributed by atoms with Gasteiger partial charge in [-0.1, -0.05) is 50.5 Å². The Morgan fingerprint density at radius 3 is 2.28 bits per heavy atom. The van der Waals surface area contributed by atoms with Gasteiger partial charge >= 0.3 is 0 Å². The predicted octanol–water partition coefficient (Wildman–Crippen LogP) is 3.24. The number of hydrogen-bond donors (Lipinski definition) is 2. The highest BCUT2D eigenvalue weighted by molar-refractivity contribution is 5.21. The summed E-state index contributed by atoms with van der Waals surface area (Å²) in [5, 5.41) is 12.6. The zero-order chi connectivity index (χ0) is 12.8. The average Bonchev–Trinajstić information content (AvgIpc) is 2.40. The lowest BCUT2D eigenvalue weighted by atomic mass is 9.76. The lowest BCUT2D eigenvalue weighted by Crippen LogP contribution is -2.33. The van der Waals surface area contributed by atoms with E-state index in [0.717, 1.165) is 18.7 Å². The third-order valence-electron chi connectivity index (χ3n) is 4.15. The van der Waals surface area contributed by atoms with Crippen molar-refractivity contribution in [1.82, 2.24) is 5.32 Å². The van der Waals surface area contributed by atoms with Gasteiger partial charge in [0.25, 0.3) is 0 Å². The van der Waals surface area contributed by atoms with Gasteiger partial charge < -0.3 is 10.4 Å². The summed E-state index contributed by atoms with van der Waals surface area (Å²) >= 11 is 0. The fourth-order valence-corrected chi connectivity index (χ4v) is 2.85. The van der Waals surface area contributed by atoms with E-state index < -0.39 is 0 Å². The molecule has 1 aromatic carbocycles. The molecule has 100 valence electrons. The van der Waals surface area contributed by atoms with Gasteiger partial charge in [-0.3, -0.25) is 0 Å². The summed E-state index contributed by atoms with van der Waals surface area (Å²) in [5.74, 6) is 0. The van der Waals surface area contributed by atoms with Crippen LogP contribution >= 0.6 is 0 Å². The molecule has 0 atom stereocenters. The predicted molar refractivity (Wildman–Crippen MR) is 75.3 cm³/mol. The Morgan fingerprint density at radius 2 is 1.67 bits per heavy atom. The van der Waals surface area contributed by atoms with E-state index in [1.165, 1.54) is 37.7 Å². The maximum atomic E-state index is 8.99. The largest absolute Gasteiger partial charge is 0.392 e. The highest BCUT2D eigenvalue weighted by Gasteiger charge is 2.25. The molecule has 2 rings (SSSR count). The maximum Gasteiger partial charge on any atom is 0.0681 e. The van der Waals surface area contributed by atoms with Gasteiger partial charge in [0, 0.05) is 13.1 Å². The van der Waals surface area contributed by atoms with Crippen molar-refractivity contribution in [3.63, 3.8) is 0 Å². The molecule has 1 aliphatic carbocycles. The molecular formula is C16H25NO. The molecule has 2 nitrogen and oxygen atoms in total. The van der Waals surface area contributed by atoms with E-state index >= 15 is 0 Å². The SMILES string of the molecule is CC1(CNCc2ccc(CO)cc2)CCCCC1. The summed E-state index contributed by atoms with van der Waals surface area (Å²) in [7, 11) is 0. The van der Waals surface area contributed by atoms with Crippen LogP contribution in [-0.4, -0.2) is 11.7 Å². The first-order chi connectivity index (χ1) is 8.72. The van der Waals surface area contributed by atoms with Crippen LogP contribution in [0.25, 0.3) is 0 Å². The van der Waals surface area contributed by atoms with Crippen LogP contribution in [0.4, 0.5) is 0 Å². The van der Waals surface area contributed by atoms with Gasteiger partial charge in [-0.2, -0.15) is 0 Å². The summed E-state index contributed by atoms with van der Waals surface area (Å²) in [6, 6.07) is 8.20. The van der Waals surface area contributed by atoms with E-state index in [1.807, 2.05) is 12.1 Å². The van der Waals surface area contributed by atoms with Crippen molar-refractivity contribution >= 4 is 0 Å². The molecule has 1 aromatic rings. The summed E-state index contributed by atoms with van der Waals surface area (Å²) < 4.78 is 0. The first kappa shape index (κ1) is 13.6. The van der Waals surface area contributed by atoms with E-state index in [-0.39, 0.29) is 6.61 Å². The molecule has 0 aliphatic heterocycles. The Bertz CT molecular complexity index is 352. The molecule has 2 N–H and O–H groups in total. The van der Waals surface area contributed by atoms with Crippen molar-refractivity contribution in [3.05, 3.63) is 35.4 Å². The van der Waals surface area contributed by atoms with Gasteiger partial charge in [-0.15, -0.1) is 0 Å². The molecule has 1 aliphatic rings. The lowest BCUT2D eigenvalue weighted by Gasteiger charge is -2.33. The quantitative estimate of drug-likeness (QED) is 0.837. The highest BCUT2D eigenvalue weighted by atomic mass is 16.3. The average molecular weight is 247 g/mol. The Hall–Kier alpha value is -0.860. The van der Waals surface area contributed by atoms with Crippen LogP contribution in [0, 0.1) is 5.41 Å². The first-order valence-corrected chi connectivity index (χ1v) is 7.11. The van der Waals surface area contributed by atoms with E-state index in [4.69, 9.17) is 5.11 Å². The van der Waals surface area contributed by atoms with Gasteiger partial charge in [0.2, 0.25) is 0 Å². The summed E-state index contributed by atoms with van der Waals surface area (Å²) in [4.78, 5) is 0. The third-order valence-corrected chi connectivity index (χ3v) is 4.15. The van der Waals surface area contributed by atoms with Crippen LogP contribution in [0.15, 0.2) is 24.3 Å². The van der Waals surface area contributed by atoms with Crippen molar-refractivity contribution in [2.75, 3.05) is 6.54 Å². The van der Waals surface area contributed by atoms with Crippen LogP contribution in [0.5, 0.6) is 0 Å². The van der Waals surface area contributed by atoms with Crippen LogP contribution < -0.4 is 5.32 Å². The third kappa shape index (κ3) is 3.82. The van der Waals surface area contributed by atoms with Gasteiger partial charge in [0.05, 0.1) is 6.61 Å². The van der Waals surface area contributed by atoms with Crippen LogP contribution in [0.1, 0.15) is 50.2 Å². The van der Waals surface area contributed by atoms with Gasteiger partial charge in [-0.25, -0.2) is 0 Å². The van der Waals surface area contributed by atoms with Crippen LogP contribution in [0.2, 0.25) is 0 Å². The zero-order valence-corrected chi connectivity index (χ0v) is 11.4. The minimum Gasteiger partial charge on any atom is -0.392 e. The Balaban J connectivity index is 1.77. The molecule has 0 aromatic heterocycles. The second-order valence-electron chi connectivity index (χ2n) is 5.95. The van der Waals surface area contributed by atoms with Gasteiger partial charge in [-0.05, 0) is 29.4 Å². The standard InChI is InChI=1S/C16H25NO/c1-16(9-3-2-4-10-16)13-17-11-14-5-7-15(12-18)8-6-14/h5-8,17-18H,2-4,9-13H2,1H3. The summed E-state index contributed by atoms with van der Waals surface area (Å²) in [5.41, 5.74) is 2.79. The first-order valence-electron chi connectivity index (χ1n) is 7.11. The van der Waals surface area contributed by atoms with Crippen molar-refractivity contribution in [2.45, 2.75) is 52.2 Å². The van der Waals surface area contributed by atoms with Crippen LogP contribution in [-0.2, 0) is 13.2 Å². The van der Waals surface area contributed by atoms with E-state index in [1.54, 1.807) is 0 Å². The monoisotopic (exact) mass is 247 g/mol. The van der Waals surface area contributed by atoms with E-state index in [0.29, 0.717) is 5.41 Å². The minimum absolute atomic E-state index is 0.131. The molecule has 0 amide bonds. The number of aliphatic hydroxyl groups is 1. The summed E-state index contributed by atoms with van der Waals surface area (Å²) in [6.45, 7) is 4.59. The van der Waals surface area contributed by atoms with E-state index in [2.05, 4.69) is 24.4 Å². The molecule has 1 saturated carbocycles. The fourth-order valence-electron chi connectivity index (χ4n) is 2.85. The number of hydrogen-bond acceptors (Lipinski definition) is 2. The molecule has 0 bridgehead atoms. The Labute approximate surface area is 110 Å². The molecule has 0 heterocycles. The molecule has 0 radical (unpaired) electrons. The Kier molecular flexibility index (Phi) is 4.79. The van der Waals surface area contributed by atoms with Crippen LogP contribution in [0.3, 0.4) is 0 Å². The maximum absolute atomic E-state index is 8.99. The van der Waals surface area contributed by atoms with Crippen molar-refractivity contribution < 1.29 is 5.11 Å². The number of benzene rings is 1. The van der Waals surface area contributed by atoms with Crippen molar-refractivity contribution in [1.29, 1.82) is 0 Å². The number of rotatable bonds is 5. The zero-order valence-electron chi connectivity index (χ0n) is 11.4. The number of nitrogens with one attached hydrogen (secondary N) is 1. The molecule has 1 fully saturated rings. The lowest BCUT2D eigenvalue weighted by molar-refractivity contribution is 0.207. The van der Waals surface area contributed by atoms with Crippen molar-refractivity contribution in [3.8, 4) is 0 Å². The molecule has 18 heavy (non-hydrogen) atoms. The summed E-state index contributed by atoms with van der Waals surface area (Å²) in [6.07, 6.45) is 6.93. The topological polar surface area (TPSA) is 32.3 Å². The second-order valence-corrected chi connectivity index (χ2v) is 5.95. The molecule has 0 saturated heterocycles. The molecule has 0 spiro atoms. The van der Waals surface area contributed by atoms with Gasteiger partial charge in [0.15, 0.2) is 0 Å². The molecule has 0 unspecified atom stereocenters. The smallest absolute Gasteiger partial charge is 0.0681 e. The second kappa shape index (κ2) is 6.35. The van der Waals surface area contributed by atoms with Gasteiger partial charge in [0.1, 0.15) is 0 Å². The van der Waals surface area contributed by atoms with E-state index in [9.17, 15) is 0 Å². The molecular weight excluding hydrogens is 222 g/mol. The minimum atomic E-state index is 0.131. The highest BCUT2D eigenvalue weighted by Crippen LogP contribution is 2.34. The fraction of sp³-hybridized carbons (Fsp3) is 0.625.